The summed E-state index contributed by atoms with van der Waals surface area (Å²) in [5, 5.41) is 0. The molecule has 0 bridgehead atoms. The van der Waals surface area contributed by atoms with Crippen molar-refractivity contribution >= 4 is 11.6 Å². The van der Waals surface area contributed by atoms with Gasteiger partial charge in [-0.25, -0.2) is 0 Å². The maximum absolute atomic E-state index is 11.5. The van der Waals surface area contributed by atoms with Crippen molar-refractivity contribution in [1.29, 1.82) is 0 Å². The number of rotatable bonds is 2. The average molecular weight is 201 g/mol. The highest BCUT2D eigenvalue weighted by Crippen LogP contribution is 2.23. The first-order valence-electron chi connectivity index (χ1n) is 5.25. The van der Waals surface area contributed by atoms with Crippen LogP contribution in [-0.2, 0) is 4.79 Å². The van der Waals surface area contributed by atoms with Crippen LogP contribution in [0.3, 0.4) is 0 Å². The zero-order valence-electron chi connectivity index (χ0n) is 8.99. The third-order valence-electron chi connectivity index (χ3n) is 2.75. The normalized spacial score (nSPS) is 15.8. The summed E-state index contributed by atoms with van der Waals surface area (Å²) in [6.07, 6.45) is 1.61. The Labute approximate surface area is 90.2 Å². The van der Waals surface area contributed by atoms with Crippen molar-refractivity contribution in [3.05, 3.63) is 42.0 Å². The molecule has 1 heterocycles. The minimum absolute atomic E-state index is 0.196. The summed E-state index contributed by atoms with van der Waals surface area (Å²) >= 11 is 0. The molecule has 1 fully saturated rings. The van der Waals surface area contributed by atoms with Crippen molar-refractivity contribution in [3.8, 4) is 0 Å². The fourth-order valence-electron chi connectivity index (χ4n) is 1.91. The topological polar surface area (TPSA) is 20.3 Å². The summed E-state index contributed by atoms with van der Waals surface area (Å²) in [6, 6.07) is 8.11. The van der Waals surface area contributed by atoms with Crippen molar-refractivity contribution in [2.75, 3.05) is 6.54 Å². The molecule has 0 aliphatic carbocycles. The largest absolute Gasteiger partial charge is 0.312 e. The summed E-state index contributed by atoms with van der Waals surface area (Å²) in [4.78, 5) is 13.3. The molecule has 1 saturated heterocycles. The van der Waals surface area contributed by atoms with Crippen LogP contribution in [0.2, 0.25) is 0 Å². The molecule has 78 valence electrons. The Bertz CT molecular complexity index is 409. The molecule has 2 rings (SSSR count). The van der Waals surface area contributed by atoms with Crippen molar-refractivity contribution in [2.45, 2.75) is 19.8 Å². The average Bonchev–Trinajstić information content (AvgIpc) is 2.63. The Balaban J connectivity index is 2.24. The highest BCUT2D eigenvalue weighted by Gasteiger charge is 2.22. The number of hydrogen-bond acceptors (Lipinski definition) is 1. The van der Waals surface area contributed by atoms with Crippen molar-refractivity contribution in [3.63, 3.8) is 0 Å². The predicted molar refractivity (Wildman–Crippen MR) is 61.2 cm³/mol. The number of benzene rings is 1. The van der Waals surface area contributed by atoms with Crippen molar-refractivity contribution in [2.24, 2.45) is 0 Å². The van der Waals surface area contributed by atoms with Crippen LogP contribution in [0.5, 0.6) is 0 Å². The van der Waals surface area contributed by atoms with E-state index >= 15 is 0 Å². The van der Waals surface area contributed by atoms with Gasteiger partial charge in [-0.2, -0.15) is 0 Å². The third-order valence-corrected chi connectivity index (χ3v) is 2.75. The SMILES string of the molecule is C=C(c1cccc(C)c1)N1CCCC1=O. The second kappa shape index (κ2) is 3.89. The van der Waals surface area contributed by atoms with Crippen LogP contribution in [0.4, 0.5) is 0 Å². The molecule has 0 aromatic heterocycles. The van der Waals surface area contributed by atoms with E-state index in [1.54, 1.807) is 4.90 Å². The smallest absolute Gasteiger partial charge is 0.227 e. The van der Waals surface area contributed by atoms with Crippen molar-refractivity contribution < 1.29 is 4.79 Å². The Morgan fingerprint density at radius 1 is 1.47 bits per heavy atom. The second-order valence-corrected chi connectivity index (χ2v) is 3.97. The van der Waals surface area contributed by atoms with Gasteiger partial charge in [0.25, 0.3) is 0 Å². The van der Waals surface area contributed by atoms with E-state index in [0.29, 0.717) is 6.42 Å². The second-order valence-electron chi connectivity index (χ2n) is 3.97. The lowest BCUT2D eigenvalue weighted by Gasteiger charge is -2.18. The first-order chi connectivity index (χ1) is 7.18. The maximum Gasteiger partial charge on any atom is 0.227 e. The fraction of sp³-hybridized carbons (Fsp3) is 0.308. The Morgan fingerprint density at radius 2 is 2.27 bits per heavy atom. The molecule has 0 saturated carbocycles. The number of carbonyl (C=O) groups excluding carboxylic acids is 1. The van der Waals surface area contributed by atoms with Gasteiger partial charge in [-0.15, -0.1) is 0 Å². The molecule has 1 aliphatic rings. The quantitative estimate of drug-likeness (QED) is 0.720. The monoisotopic (exact) mass is 201 g/mol. The van der Waals surface area contributed by atoms with Gasteiger partial charge in [0.05, 0.1) is 0 Å². The molecule has 0 N–H and O–H groups in total. The zero-order valence-corrected chi connectivity index (χ0v) is 8.99. The van der Waals surface area contributed by atoms with E-state index in [1.807, 2.05) is 25.1 Å². The molecule has 0 radical (unpaired) electrons. The van der Waals surface area contributed by atoms with Crippen LogP contribution in [0.25, 0.3) is 5.70 Å². The fourth-order valence-corrected chi connectivity index (χ4v) is 1.91. The lowest BCUT2D eigenvalue weighted by Crippen LogP contribution is -2.22. The van der Waals surface area contributed by atoms with Crippen LogP contribution in [0.15, 0.2) is 30.8 Å². The maximum atomic E-state index is 11.5. The van der Waals surface area contributed by atoms with Gasteiger partial charge in [0.1, 0.15) is 0 Å². The molecule has 1 amide bonds. The van der Waals surface area contributed by atoms with Crippen LogP contribution < -0.4 is 0 Å². The molecular weight excluding hydrogens is 186 g/mol. The van der Waals surface area contributed by atoms with Crippen molar-refractivity contribution in [1.82, 2.24) is 4.90 Å². The van der Waals surface area contributed by atoms with Gasteiger partial charge in [-0.3, -0.25) is 4.79 Å². The van der Waals surface area contributed by atoms with Gasteiger partial charge in [0, 0.05) is 18.7 Å². The van der Waals surface area contributed by atoms with Crippen LogP contribution in [0.1, 0.15) is 24.0 Å². The van der Waals surface area contributed by atoms with Crippen LogP contribution >= 0.6 is 0 Å². The standard InChI is InChI=1S/C13H15NO/c1-10-5-3-6-12(9-10)11(2)14-8-4-7-13(14)15/h3,5-6,9H,2,4,7-8H2,1H3. The summed E-state index contributed by atoms with van der Waals surface area (Å²) in [5.41, 5.74) is 3.08. The molecule has 0 unspecified atom stereocenters. The van der Waals surface area contributed by atoms with Crippen LogP contribution in [-0.4, -0.2) is 17.4 Å². The van der Waals surface area contributed by atoms with E-state index in [0.717, 1.165) is 24.2 Å². The Kier molecular flexibility index (Phi) is 2.58. The molecule has 2 nitrogen and oxygen atoms in total. The van der Waals surface area contributed by atoms with E-state index in [2.05, 4.69) is 12.6 Å². The minimum Gasteiger partial charge on any atom is -0.312 e. The number of nitrogens with zero attached hydrogens (tertiary/aromatic N) is 1. The highest BCUT2D eigenvalue weighted by molar-refractivity contribution is 5.87. The van der Waals surface area contributed by atoms with Gasteiger partial charge in [0.2, 0.25) is 5.91 Å². The van der Waals surface area contributed by atoms with Gasteiger partial charge < -0.3 is 4.90 Å². The number of likely N-dealkylation sites (tertiary alicyclic amines) is 1. The van der Waals surface area contributed by atoms with E-state index < -0.39 is 0 Å². The van der Waals surface area contributed by atoms with E-state index in [4.69, 9.17) is 0 Å². The number of aryl methyl sites for hydroxylation is 1. The summed E-state index contributed by atoms with van der Waals surface area (Å²) in [7, 11) is 0. The molecule has 0 spiro atoms. The zero-order chi connectivity index (χ0) is 10.8. The van der Waals surface area contributed by atoms with Gasteiger partial charge in [0.15, 0.2) is 0 Å². The molecule has 0 atom stereocenters. The van der Waals surface area contributed by atoms with E-state index in [-0.39, 0.29) is 5.91 Å². The first-order valence-corrected chi connectivity index (χ1v) is 5.25. The molecule has 15 heavy (non-hydrogen) atoms. The summed E-state index contributed by atoms with van der Waals surface area (Å²) in [6.45, 7) is 6.86. The highest BCUT2D eigenvalue weighted by atomic mass is 16.2. The summed E-state index contributed by atoms with van der Waals surface area (Å²) < 4.78 is 0. The number of amides is 1. The Hall–Kier alpha value is -1.57. The van der Waals surface area contributed by atoms with E-state index in [9.17, 15) is 4.79 Å². The lowest BCUT2D eigenvalue weighted by molar-refractivity contribution is -0.124. The predicted octanol–water partition coefficient (Wildman–Crippen LogP) is 2.59. The molecule has 1 aliphatic heterocycles. The first kappa shape index (κ1) is 9.97. The number of carbonyl (C=O) groups is 1. The third kappa shape index (κ3) is 1.94. The Morgan fingerprint density at radius 3 is 2.87 bits per heavy atom. The molecule has 1 aromatic rings. The van der Waals surface area contributed by atoms with E-state index in [1.165, 1.54) is 5.56 Å². The van der Waals surface area contributed by atoms with Gasteiger partial charge >= 0.3 is 0 Å². The molecule has 2 heteroatoms. The number of hydrogen-bond donors (Lipinski definition) is 0. The van der Waals surface area contributed by atoms with Gasteiger partial charge in [-0.1, -0.05) is 30.3 Å². The lowest BCUT2D eigenvalue weighted by atomic mass is 10.1. The minimum atomic E-state index is 0.196. The molecular formula is C13H15NO. The van der Waals surface area contributed by atoms with Gasteiger partial charge in [-0.05, 0) is 25.0 Å². The summed E-state index contributed by atoms with van der Waals surface area (Å²) in [5.74, 6) is 0.196. The molecule has 1 aromatic carbocycles. The van der Waals surface area contributed by atoms with Crippen LogP contribution in [0, 0.1) is 6.92 Å².